The van der Waals surface area contributed by atoms with Crippen molar-refractivity contribution in [2.75, 3.05) is 0 Å². The third-order valence-electron chi connectivity index (χ3n) is 2.11. The molecule has 1 aromatic carbocycles. The largest absolute Gasteiger partial charge is 0.391 e. The maximum Gasteiger partial charge on any atom is 0.123 e. The third kappa shape index (κ3) is 2.26. The molecule has 0 radical (unpaired) electrons. The number of halogens is 1. The topological polar surface area (TPSA) is 46.2 Å². The number of benzene rings is 1. The Morgan fingerprint density at radius 2 is 2.08 bits per heavy atom. The highest BCUT2D eigenvalue weighted by molar-refractivity contribution is 5.29. The number of aryl methyl sites for hydroxylation is 1. The third-order valence-corrected chi connectivity index (χ3v) is 2.11. The molecule has 0 bridgehead atoms. The van der Waals surface area contributed by atoms with Gasteiger partial charge in [-0.1, -0.05) is 6.07 Å². The molecule has 0 spiro atoms. The van der Waals surface area contributed by atoms with Crippen LogP contribution in [0.2, 0.25) is 0 Å². The van der Waals surface area contributed by atoms with E-state index in [1.54, 1.807) is 19.9 Å². The van der Waals surface area contributed by atoms with E-state index in [2.05, 4.69) is 0 Å². The highest BCUT2D eigenvalue weighted by Gasteiger charge is 2.14. The standard InChI is InChI=1S/C10H14FNO/c1-6-5-8(11)3-4-9(6)10(12)7(2)13/h3-5,7,10,13H,12H2,1-2H3/t7-,10-/m0/s1. The number of rotatable bonds is 2. The van der Waals surface area contributed by atoms with Gasteiger partial charge in [0.1, 0.15) is 5.82 Å². The number of aliphatic hydroxyl groups excluding tert-OH is 1. The summed E-state index contributed by atoms with van der Waals surface area (Å²) in [5.41, 5.74) is 7.28. The van der Waals surface area contributed by atoms with E-state index in [1.807, 2.05) is 0 Å². The molecule has 0 heterocycles. The van der Waals surface area contributed by atoms with Crippen molar-refractivity contribution in [1.29, 1.82) is 0 Å². The molecule has 0 aliphatic heterocycles. The molecule has 0 fully saturated rings. The van der Waals surface area contributed by atoms with Crippen molar-refractivity contribution in [3.05, 3.63) is 35.1 Å². The summed E-state index contributed by atoms with van der Waals surface area (Å²) < 4.78 is 12.7. The number of hydrogen-bond acceptors (Lipinski definition) is 2. The predicted octanol–water partition coefficient (Wildman–Crippen LogP) is 1.51. The smallest absolute Gasteiger partial charge is 0.123 e. The van der Waals surface area contributed by atoms with Crippen LogP contribution in [-0.4, -0.2) is 11.2 Å². The van der Waals surface area contributed by atoms with Gasteiger partial charge in [0.2, 0.25) is 0 Å². The minimum atomic E-state index is -0.621. The highest BCUT2D eigenvalue weighted by Crippen LogP contribution is 2.19. The molecule has 0 saturated heterocycles. The Labute approximate surface area is 77.2 Å². The lowest BCUT2D eigenvalue weighted by molar-refractivity contribution is 0.164. The van der Waals surface area contributed by atoms with Crippen LogP contribution < -0.4 is 5.73 Å². The van der Waals surface area contributed by atoms with Gasteiger partial charge < -0.3 is 10.8 Å². The minimum Gasteiger partial charge on any atom is -0.391 e. The van der Waals surface area contributed by atoms with Crippen molar-refractivity contribution >= 4 is 0 Å². The molecule has 72 valence electrons. The number of hydrogen-bond donors (Lipinski definition) is 2. The first-order valence-electron chi connectivity index (χ1n) is 4.22. The van der Waals surface area contributed by atoms with Crippen molar-refractivity contribution in [2.45, 2.75) is 26.0 Å². The average molecular weight is 183 g/mol. The van der Waals surface area contributed by atoms with Crippen molar-refractivity contribution < 1.29 is 9.50 Å². The lowest BCUT2D eigenvalue weighted by Crippen LogP contribution is -2.23. The van der Waals surface area contributed by atoms with Crippen LogP contribution in [0.25, 0.3) is 0 Å². The normalized spacial score (nSPS) is 15.5. The van der Waals surface area contributed by atoms with Gasteiger partial charge in [-0.25, -0.2) is 4.39 Å². The molecule has 0 unspecified atom stereocenters. The van der Waals surface area contributed by atoms with Crippen LogP contribution in [0.15, 0.2) is 18.2 Å². The predicted molar refractivity (Wildman–Crippen MR) is 49.7 cm³/mol. The van der Waals surface area contributed by atoms with Gasteiger partial charge >= 0.3 is 0 Å². The van der Waals surface area contributed by atoms with Gasteiger partial charge in [-0.15, -0.1) is 0 Å². The fourth-order valence-electron chi connectivity index (χ4n) is 1.27. The van der Waals surface area contributed by atoms with Gasteiger partial charge in [0.05, 0.1) is 12.1 Å². The Hall–Kier alpha value is -0.930. The van der Waals surface area contributed by atoms with Gasteiger partial charge in [-0.2, -0.15) is 0 Å². The summed E-state index contributed by atoms with van der Waals surface area (Å²) in [5, 5.41) is 9.25. The highest BCUT2D eigenvalue weighted by atomic mass is 19.1. The molecule has 13 heavy (non-hydrogen) atoms. The van der Waals surface area contributed by atoms with Crippen LogP contribution in [0, 0.1) is 12.7 Å². The molecule has 0 aromatic heterocycles. The van der Waals surface area contributed by atoms with Crippen molar-refractivity contribution in [2.24, 2.45) is 5.73 Å². The second-order valence-corrected chi connectivity index (χ2v) is 3.27. The van der Waals surface area contributed by atoms with Gasteiger partial charge in [0, 0.05) is 0 Å². The first kappa shape index (κ1) is 10.2. The molecule has 0 saturated carbocycles. The zero-order valence-corrected chi connectivity index (χ0v) is 7.79. The fraction of sp³-hybridized carbons (Fsp3) is 0.400. The summed E-state index contributed by atoms with van der Waals surface area (Å²) in [6.45, 7) is 3.40. The van der Waals surface area contributed by atoms with Crippen molar-refractivity contribution in [3.63, 3.8) is 0 Å². The second-order valence-electron chi connectivity index (χ2n) is 3.27. The quantitative estimate of drug-likeness (QED) is 0.730. The van der Waals surface area contributed by atoms with E-state index < -0.39 is 12.1 Å². The summed E-state index contributed by atoms with van der Waals surface area (Å²) in [7, 11) is 0. The fourth-order valence-corrected chi connectivity index (χ4v) is 1.27. The van der Waals surface area contributed by atoms with Crippen molar-refractivity contribution in [1.82, 2.24) is 0 Å². The summed E-state index contributed by atoms with van der Waals surface area (Å²) in [4.78, 5) is 0. The Morgan fingerprint density at radius 3 is 2.54 bits per heavy atom. The zero-order chi connectivity index (χ0) is 10.0. The molecule has 1 rings (SSSR count). The summed E-state index contributed by atoms with van der Waals surface area (Å²) in [5.74, 6) is -0.279. The molecule has 0 aliphatic carbocycles. The zero-order valence-electron chi connectivity index (χ0n) is 7.79. The molecular formula is C10H14FNO. The van der Waals surface area contributed by atoms with Crippen molar-refractivity contribution in [3.8, 4) is 0 Å². The number of nitrogens with two attached hydrogens (primary N) is 1. The van der Waals surface area contributed by atoms with E-state index >= 15 is 0 Å². The first-order valence-corrected chi connectivity index (χ1v) is 4.22. The Balaban J connectivity index is 3.01. The van der Waals surface area contributed by atoms with Crippen LogP contribution in [-0.2, 0) is 0 Å². The van der Waals surface area contributed by atoms with Crippen LogP contribution in [0.5, 0.6) is 0 Å². The van der Waals surface area contributed by atoms with Crippen LogP contribution in [0.3, 0.4) is 0 Å². The summed E-state index contributed by atoms with van der Waals surface area (Å²) in [6.07, 6.45) is -0.621. The molecular weight excluding hydrogens is 169 g/mol. The lowest BCUT2D eigenvalue weighted by atomic mass is 9.98. The van der Waals surface area contributed by atoms with E-state index in [1.165, 1.54) is 12.1 Å². The molecule has 2 nitrogen and oxygen atoms in total. The SMILES string of the molecule is Cc1cc(F)ccc1[C@@H](N)[C@H](C)O. The Kier molecular flexibility index (Phi) is 3.01. The maximum absolute atomic E-state index is 12.7. The van der Waals surface area contributed by atoms with Gasteiger partial charge in [0.25, 0.3) is 0 Å². The van der Waals surface area contributed by atoms with Crippen LogP contribution >= 0.6 is 0 Å². The number of aliphatic hydroxyl groups is 1. The average Bonchev–Trinajstić information content (AvgIpc) is 2.03. The summed E-state index contributed by atoms with van der Waals surface area (Å²) >= 11 is 0. The lowest BCUT2D eigenvalue weighted by Gasteiger charge is -2.17. The second kappa shape index (κ2) is 3.85. The van der Waals surface area contributed by atoms with E-state index in [-0.39, 0.29) is 5.82 Å². The molecule has 3 N–H and O–H groups in total. The van der Waals surface area contributed by atoms with Gasteiger partial charge in [-0.05, 0) is 37.1 Å². The molecule has 2 atom stereocenters. The minimum absolute atomic E-state index is 0.279. The monoisotopic (exact) mass is 183 g/mol. The van der Waals surface area contributed by atoms with E-state index in [9.17, 15) is 9.50 Å². The Bertz CT molecular complexity index is 299. The maximum atomic E-state index is 12.7. The van der Waals surface area contributed by atoms with Crippen LogP contribution in [0.4, 0.5) is 4.39 Å². The molecule has 3 heteroatoms. The summed E-state index contributed by atoms with van der Waals surface area (Å²) in [6, 6.07) is 3.94. The van der Waals surface area contributed by atoms with E-state index in [4.69, 9.17) is 5.73 Å². The van der Waals surface area contributed by atoms with E-state index in [0.29, 0.717) is 0 Å². The molecule has 0 amide bonds. The Morgan fingerprint density at radius 1 is 1.46 bits per heavy atom. The first-order chi connectivity index (χ1) is 6.02. The van der Waals surface area contributed by atoms with Crippen LogP contribution in [0.1, 0.15) is 24.1 Å². The van der Waals surface area contributed by atoms with Gasteiger partial charge in [0.15, 0.2) is 0 Å². The molecule has 1 aromatic rings. The molecule has 0 aliphatic rings. The van der Waals surface area contributed by atoms with Gasteiger partial charge in [-0.3, -0.25) is 0 Å². The van der Waals surface area contributed by atoms with E-state index in [0.717, 1.165) is 11.1 Å².